The molecule has 1 aliphatic rings. The van der Waals surface area contributed by atoms with Crippen molar-refractivity contribution in [1.82, 2.24) is 15.6 Å². The summed E-state index contributed by atoms with van der Waals surface area (Å²) < 4.78 is 5.13. The summed E-state index contributed by atoms with van der Waals surface area (Å²) in [4.78, 5) is 45.4. The smallest absolute Gasteiger partial charge is 0.287 e. The Balaban J connectivity index is 1.67. The first-order valence-corrected chi connectivity index (χ1v) is 12.4. The van der Waals surface area contributed by atoms with E-state index in [2.05, 4.69) is 29.5 Å². The van der Waals surface area contributed by atoms with Crippen molar-refractivity contribution in [2.24, 2.45) is 0 Å². The van der Waals surface area contributed by atoms with E-state index in [1.807, 2.05) is 24.3 Å². The molecule has 4 rings (SSSR count). The molecule has 1 saturated carbocycles. The lowest BCUT2D eigenvalue weighted by molar-refractivity contribution is -0.126. The summed E-state index contributed by atoms with van der Waals surface area (Å²) in [6.45, 7) is 3.88. The Kier molecular flexibility index (Phi) is 8.15. The average molecular weight is 489 g/mol. The van der Waals surface area contributed by atoms with Gasteiger partial charge in [0.25, 0.3) is 5.91 Å². The van der Waals surface area contributed by atoms with Crippen molar-refractivity contribution in [3.8, 4) is 0 Å². The average Bonchev–Trinajstić information content (AvgIpc) is 3.61. The van der Waals surface area contributed by atoms with Crippen LogP contribution in [-0.4, -0.2) is 35.3 Å². The number of benzene rings is 1. The third-order valence-corrected chi connectivity index (χ3v) is 6.46. The lowest BCUT2D eigenvalue weighted by Gasteiger charge is -2.32. The molecule has 0 bridgehead atoms. The van der Waals surface area contributed by atoms with Gasteiger partial charge in [-0.3, -0.25) is 24.3 Å². The molecule has 0 radical (unpaired) electrons. The van der Waals surface area contributed by atoms with Crippen LogP contribution in [-0.2, 0) is 9.59 Å². The van der Waals surface area contributed by atoms with Crippen molar-refractivity contribution in [3.05, 3.63) is 84.1 Å². The summed E-state index contributed by atoms with van der Waals surface area (Å²) in [7, 11) is 0. The molecule has 3 aromatic rings. The number of nitrogens with zero attached hydrogens (tertiary/aromatic N) is 2. The van der Waals surface area contributed by atoms with Crippen molar-refractivity contribution in [3.63, 3.8) is 0 Å². The molecule has 2 N–H and O–H groups in total. The summed E-state index contributed by atoms with van der Waals surface area (Å²) in [5, 5.41) is 5.75. The lowest BCUT2D eigenvalue weighted by Crippen LogP contribution is -2.49. The molecule has 36 heavy (non-hydrogen) atoms. The van der Waals surface area contributed by atoms with Gasteiger partial charge in [0.2, 0.25) is 11.8 Å². The Morgan fingerprint density at radius 3 is 2.39 bits per heavy atom. The molecule has 1 aliphatic carbocycles. The van der Waals surface area contributed by atoms with E-state index in [1.165, 1.54) is 17.2 Å². The van der Waals surface area contributed by atoms with Crippen LogP contribution in [0.25, 0.3) is 0 Å². The van der Waals surface area contributed by atoms with Gasteiger partial charge >= 0.3 is 0 Å². The fourth-order valence-corrected chi connectivity index (χ4v) is 4.50. The number of carbonyl (C=O) groups is 3. The van der Waals surface area contributed by atoms with Crippen LogP contribution in [0, 0.1) is 0 Å². The number of amides is 3. The maximum atomic E-state index is 13.7. The van der Waals surface area contributed by atoms with Gasteiger partial charge in [0.1, 0.15) is 6.04 Å². The number of carbonyl (C=O) groups excluding carboxylic acids is 3. The van der Waals surface area contributed by atoms with Crippen molar-refractivity contribution in [2.75, 3.05) is 11.4 Å². The van der Waals surface area contributed by atoms with E-state index in [0.717, 1.165) is 31.2 Å². The van der Waals surface area contributed by atoms with Crippen LogP contribution in [0.3, 0.4) is 0 Å². The van der Waals surface area contributed by atoms with Gasteiger partial charge in [0, 0.05) is 29.7 Å². The van der Waals surface area contributed by atoms with Gasteiger partial charge < -0.3 is 15.1 Å². The molecule has 0 aliphatic heterocycles. The third kappa shape index (κ3) is 6.00. The summed E-state index contributed by atoms with van der Waals surface area (Å²) in [5.41, 5.74) is 2.27. The molecule has 1 aromatic carbocycles. The monoisotopic (exact) mass is 488 g/mol. The molecule has 8 heteroatoms. The molecule has 0 spiro atoms. The number of hydrogen-bond donors (Lipinski definition) is 2. The van der Waals surface area contributed by atoms with Crippen LogP contribution in [0.4, 0.5) is 5.69 Å². The SMILES string of the molecule is CC(C)c1ccc(N(C(=O)CNC(=O)c2ccco2)[C@H](C(=O)NC2CCCC2)c2cccnc2)cc1. The molecule has 0 saturated heterocycles. The first kappa shape index (κ1) is 25.2. The van der Waals surface area contributed by atoms with E-state index in [-0.39, 0.29) is 24.3 Å². The Labute approximate surface area is 211 Å². The largest absolute Gasteiger partial charge is 0.459 e. The van der Waals surface area contributed by atoms with Crippen molar-refractivity contribution < 1.29 is 18.8 Å². The van der Waals surface area contributed by atoms with Crippen LogP contribution in [0.2, 0.25) is 0 Å². The van der Waals surface area contributed by atoms with Gasteiger partial charge in [-0.05, 0) is 54.7 Å². The second kappa shape index (κ2) is 11.7. The maximum Gasteiger partial charge on any atom is 0.287 e. The fraction of sp³-hybridized carbons (Fsp3) is 0.357. The zero-order chi connectivity index (χ0) is 25.5. The predicted molar refractivity (Wildman–Crippen MR) is 136 cm³/mol. The van der Waals surface area contributed by atoms with E-state index in [9.17, 15) is 14.4 Å². The van der Waals surface area contributed by atoms with Crippen LogP contribution in [0.15, 0.2) is 71.6 Å². The van der Waals surface area contributed by atoms with Gasteiger partial charge in [-0.1, -0.05) is 44.9 Å². The molecule has 8 nitrogen and oxygen atoms in total. The number of rotatable bonds is 9. The molecule has 0 unspecified atom stereocenters. The van der Waals surface area contributed by atoms with Crippen molar-refractivity contribution >= 4 is 23.4 Å². The standard InChI is InChI=1S/C28H32N4O4/c1-19(2)20-11-13-23(14-12-20)32(25(33)18-30-27(34)24-10-6-16-36-24)26(21-7-5-15-29-17-21)28(35)31-22-8-3-4-9-22/h5-7,10-17,19,22,26H,3-4,8-9,18H2,1-2H3,(H,30,34)(H,31,35)/t26-/m0/s1. The molecule has 3 amide bonds. The van der Waals surface area contributed by atoms with Gasteiger partial charge in [0.15, 0.2) is 5.76 Å². The second-order valence-electron chi connectivity index (χ2n) is 9.35. The third-order valence-electron chi connectivity index (χ3n) is 6.46. The van der Waals surface area contributed by atoms with Crippen molar-refractivity contribution in [2.45, 2.75) is 57.5 Å². The minimum Gasteiger partial charge on any atom is -0.459 e. The van der Waals surface area contributed by atoms with E-state index in [0.29, 0.717) is 17.2 Å². The Morgan fingerprint density at radius 2 is 1.78 bits per heavy atom. The molecular formula is C28H32N4O4. The molecule has 1 atom stereocenters. The summed E-state index contributed by atoms with van der Waals surface area (Å²) in [5.74, 6) is -0.776. The normalized spacial score (nSPS) is 14.4. The van der Waals surface area contributed by atoms with E-state index < -0.39 is 17.9 Å². The maximum absolute atomic E-state index is 13.7. The molecule has 188 valence electrons. The Hall–Kier alpha value is -3.94. The summed E-state index contributed by atoms with van der Waals surface area (Å²) >= 11 is 0. The summed E-state index contributed by atoms with van der Waals surface area (Å²) in [6, 6.07) is 13.4. The highest BCUT2D eigenvalue weighted by Crippen LogP contribution is 2.30. The molecule has 1 fully saturated rings. The molecule has 2 aromatic heterocycles. The molecular weight excluding hydrogens is 456 g/mol. The van der Waals surface area contributed by atoms with Crippen LogP contribution >= 0.6 is 0 Å². The van der Waals surface area contributed by atoms with Gasteiger partial charge in [-0.15, -0.1) is 0 Å². The van der Waals surface area contributed by atoms with E-state index in [1.54, 1.807) is 30.6 Å². The quantitative estimate of drug-likeness (QED) is 0.466. The van der Waals surface area contributed by atoms with E-state index in [4.69, 9.17) is 4.42 Å². The zero-order valence-electron chi connectivity index (χ0n) is 20.6. The first-order chi connectivity index (χ1) is 17.4. The topological polar surface area (TPSA) is 105 Å². The summed E-state index contributed by atoms with van der Waals surface area (Å²) in [6.07, 6.45) is 8.60. The Morgan fingerprint density at radius 1 is 1.03 bits per heavy atom. The molecule has 2 heterocycles. The highest BCUT2D eigenvalue weighted by molar-refractivity contribution is 6.04. The number of aromatic nitrogens is 1. The van der Waals surface area contributed by atoms with Gasteiger partial charge in [-0.2, -0.15) is 0 Å². The number of pyridine rings is 1. The minimum atomic E-state index is -0.947. The predicted octanol–water partition coefficient (Wildman–Crippen LogP) is 4.36. The number of nitrogens with one attached hydrogen (secondary N) is 2. The lowest BCUT2D eigenvalue weighted by atomic mass is 10.0. The van der Waals surface area contributed by atoms with E-state index >= 15 is 0 Å². The van der Waals surface area contributed by atoms with Crippen LogP contribution in [0.5, 0.6) is 0 Å². The Bertz CT molecular complexity index is 1150. The van der Waals surface area contributed by atoms with Gasteiger partial charge in [0.05, 0.1) is 12.8 Å². The number of furan rings is 1. The highest BCUT2D eigenvalue weighted by Gasteiger charge is 2.34. The minimum absolute atomic E-state index is 0.0793. The number of hydrogen-bond acceptors (Lipinski definition) is 5. The van der Waals surface area contributed by atoms with Crippen LogP contribution < -0.4 is 15.5 Å². The second-order valence-corrected chi connectivity index (χ2v) is 9.35. The van der Waals surface area contributed by atoms with Gasteiger partial charge in [-0.25, -0.2) is 0 Å². The zero-order valence-corrected chi connectivity index (χ0v) is 20.6. The fourth-order valence-electron chi connectivity index (χ4n) is 4.50. The first-order valence-electron chi connectivity index (χ1n) is 12.4. The van der Waals surface area contributed by atoms with Crippen molar-refractivity contribution in [1.29, 1.82) is 0 Å². The number of anilines is 1. The highest BCUT2D eigenvalue weighted by atomic mass is 16.3. The van der Waals surface area contributed by atoms with Crippen LogP contribution in [0.1, 0.15) is 73.2 Å².